The molecule has 0 saturated carbocycles. The van der Waals surface area contributed by atoms with Crippen molar-refractivity contribution in [3.63, 3.8) is 0 Å². The van der Waals surface area contributed by atoms with Gasteiger partial charge in [-0.05, 0) is 52.8 Å². The van der Waals surface area contributed by atoms with E-state index in [4.69, 9.17) is 5.11 Å². The van der Waals surface area contributed by atoms with Crippen LogP contribution < -0.4 is 0 Å². The number of phenolic OH excluding ortho intramolecular Hbond substituents is 1. The van der Waals surface area contributed by atoms with Gasteiger partial charge in [0.15, 0.2) is 0 Å². The SMILES string of the molecule is [CH2]CC(F)c1cc(O)cc(I)c1. The minimum absolute atomic E-state index is 0.105. The topological polar surface area (TPSA) is 20.2 Å². The summed E-state index contributed by atoms with van der Waals surface area (Å²) in [6.45, 7) is 3.46. The molecule has 0 saturated heterocycles. The molecule has 1 radical (unpaired) electrons. The largest absolute Gasteiger partial charge is 0.508 e. The molecule has 0 heterocycles. The zero-order valence-electron chi connectivity index (χ0n) is 6.43. The van der Waals surface area contributed by atoms with Crippen LogP contribution in [0.25, 0.3) is 0 Å². The summed E-state index contributed by atoms with van der Waals surface area (Å²) in [5, 5.41) is 9.15. The Hall–Kier alpha value is -0.320. The van der Waals surface area contributed by atoms with Gasteiger partial charge in [0.25, 0.3) is 0 Å². The lowest BCUT2D eigenvalue weighted by atomic mass is 10.1. The van der Waals surface area contributed by atoms with E-state index in [0.29, 0.717) is 5.56 Å². The Morgan fingerprint density at radius 2 is 2.17 bits per heavy atom. The highest BCUT2D eigenvalue weighted by molar-refractivity contribution is 14.1. The molecule has 0 bridgehead atoms. The minimum Gasteiger partial charge on any atom is -0.508 e. The van der Waals surface area contributed by atoms with Gasteiger partial charge >= 0.3 is 0 Å². The lowest BCUT2D eigenvalue weighted by Crippen LogP contribution is -1.89. The second-order valence-corrected chi connectivity index (χ2v) is 3.74. The highest BCUT2D eigenvalue weighted by Gasteiger charge is 2.08. The zero-order chi connectivity index (χ0) is 9.14. The molecular formula is C9H9FIO. The number of phenols is 1. The van der Waals surface area contributed by atoms with Crippen molar-refractivity contribution in [1.82, 2.24) is 0 Å². The van der Waals surface area contributed by atoms with E-state index >= 15 is 0 Å². The van der Waals surface area contributed by atoms with Crippen LogP contribution in [0.4, 0.5) is 4.39 Å². The lowest BCUT2D eigenvalue weighted by Gasteiger charge is -2.06. The summed E-state index contributed by atoms with van der Waals surface area (Å²) in [5.41, 5.74) is 0.495. The fourth-order valence-electron chi connectivity index (χ4n) is 0.944. The van der Waals surface area contributed by atoms with Gasteiger partial charge in [-0.15, -0.1) is 0 Å². The number of benzene rings is 1. The van der Waals surface area contributed by atoms with Crippen molar-refractivity contribution >= 4 is 22.6 Å². The van der Waals surface area contributed by atoms with Crippen molar-refractivity contribution in [2.45, 2.75) is 12.6 Å². The van der Waals surface area contributed by atoms with E-state index in [-0.39, 0.29) is 12.2 Å². The second-order valence-electron chi connectivity index (χ2n) is 2.50. The summed E-state index contributed by atoms with van der Waals surface area (Å²) >= 11 is 2.03. The second kappa shape index (κ2) is 4.07. The average Bonchev–Trinajstić information content (AvgIpc) is 2.01. The molecule has 0 aliphatic rings. The van der Waals surface area contributed by atoms with Crippen molar-refractivity contribution in [3.05, 3.63) is 34.3 Å². The molecule has 0 fully saturated rings. The smallest absolute Gasteiger partial charge is 0.125 e. The van der Waals surface area contributed by atoms with Crippen LogP contribution in [-0.4, -0.2) is 5.11 Å². The van der Waals surface area contributed by atoms with Crippen molar-refractivity contribution in [3.8, 4) is 5.75 Å². The Balaban J connectivity index is 3.00. The third-order valence-electron chi connectivity index (χ3n) is 1.52. The Morgan fingerprint density at radius 3 is 2.67 bits per heavy atom. The molecule has 0 aromatic heterocycles. The minimum atomic E-state index is -1.08. The lowest BCUT2D eigenvalue weighted by molar-refractivity contribution is 0.344. The van der Waals surface area contributed by atoms with Gasteiger partial charge in [0, 0.05) is 3.57 Å². The first-order valence-electron chi connectivity index (χ1n) is 3.56. The molecule has 1 unspecified atom stereocenters. The normalized spacial score (nSPS) is 12.9. The summed E-state index contributed by atoms with van der Waals surface area (Å²) in [4.78, 5) is 0. The first-order valence-corrected chi connectivity index (χ1v) is 4.64. The van der Waals surface area contributed by atoms with Gasteiger partial charge in [-0.1, -0.05) is 6.92 Å². The average molecular weight is 279 g/mol. The van der Waals surface area contributed by atoms with Crippen LogP contribution in [0.5, 0.6) is 5.75 Å². The molecule has 12 heavy (non-hydrogen) atoms. The van der Waals surface area contributed by atoms with Crippen molar-refractivity contribution in [2.24, 2.45) is 0 Å². The van der Waals surface area contributed by atoms with Gasteiger partial charge in [-0.25, -0.2) is 4.39 Å². The Bertz CT molecular complexity index is 255. The van der Waals surface area contributed by atoms with Crippen LogP contribution >= 0.6 is 22.6 Å². The summed E-state index contributed by atoms with van der Waals surface area (Å²) in [7, 11) is 0. The first kappa shape index (κ1) is 9.77. The van der Waals surface area contributed by atoms with Gasteiger partial charge in [-0.2, -0.15) is 0 Å². The zero-order valence-corrected chi connectivity index (χ0v) is 8.58. The Kier molecular flexibility index (Phi) is 3.31. The predicted molar refractivity (Wildman–Crippen MR) is 54.6 cm³/mol. The number of halogens is 2. The monoisotopic (exact) mass is 279 g/mol. The van der Waals surface area contributed by atoms with E-state index in [1.807, 2.05) is 22.6 Å². The van der Waals surface area contributed by atoms with Crippen molar-refractivity contribution in [1.29, 1.82) is 0 Å². The molecule has 0 amide bonds. The quantitative estimate of drug-likeness (QED) is 0.824. The molecule has 1 atom stereocenters. The number of alkyl halides is 1. The maximum Gasteiger partial charge on any atom is 0.125 e. The van der Waals surface area contributed by atoms with Gasteiger partial charge in [0.05, 0.1) is 0 Å². The number of hydrogen-bond donors (Lipinski definition) is 1. The molecule has 1 nitrogen and oxygen atoms in total. The third kappa shape index (κ3) is 2.33. The van der Waals surface area contributed by atoms with Crippen LogP contribution in [-0.2, 0) is 0 Å². The van der Waals surface area contributed by atoms with E-state index in [0.717, 1.165) is 3.57 Å². The molecule has 1 N–H and O–H groups in total. The summed E-state index contributed by atoms with van der Waals surface area (Å²) < 4.78 is 13.9. The fraction of sp³-hybridized carbons (Fsp3) is 0.222. The van der Waals surface area contributed by atoms with E-state index < -0.39 is 6.17 Å². The summed E-state index contributed by atoms with van der Waals surface area (Å²) in [5.74, 6) is 0.105. The standard InChI is InChI=1S/C9H9FIO/c1-2-9(10)6-3-7(11)5-8(12)4-6/h3-5,9,12H,1-2H2. The molecule has 1 aromatic carbocycles. The summed E-state index contributed by atoms with van der Waals surface area (Å²) in [6, 6.07) is 4.72. The van der Waals surface area contributed by atoms with Crippen LogP contribution in [0.15, 0.2) is 18.2 Å². The molecule has 0 aliphatic heterocycles. The van der Waals surface area contributed by atoms with E-state index in [2.05, 4.69) is 6.92 Å². The van der Waals surface area contributed by atoms with Crippen LogP contribution in [0.2, 0.25) is 0 Å². The van der Waals surface area contributed by atoms with Gasteiger partial charge in [0.1, 0.15) is 11.9 Å². The Morgan fingerprint density at radius 1 is 1.50 bits per heavy atom. The van der Waals surface area contributed by atoms with Crippen LogP contribution in [0.3, 0.4) is 0 Å². The molecule has 0 aliphatic carbocycles. The molecule has 0 spiro atoms. The fourth-order valence-corrected chi connectivity index (χ4v) is 1.62. The van der Waals surface area contributed by atoms with Crippen molar-refractivity contribution < 1.29 is 9.50 Å². The van der Waals surface area contributed by atoms with E-state index in [1.165, 1.54) is 6.07 Å². The first-order chi connectivity index (χ1) is 5.63. The predicted octanol–water partition coefficient (Wildman–Crippen LogP) is 3.23. The molecule has 65 valence electrons. The Labute approximate surface area is 84.7 Å². The van der Waals surface area contributed by atoms with Gasteiger partial charge < -0.3 is 5.11 Å². The molecule has 1 aromatic rings. The number of aromatic hydroxyl groups is 1. The van der Waals surface area contributed by atoms with Crippen LogP contribution in [0, 0.1) is 10.5 Å². The van der Waals surface area contributed by atoms with Crippen LogP contribution in [0.1, 0.15) is 18.2 Å². The van der Waals surface area contributed by atoms with E-state index in [1.54, 1.807) is 12.1 Å². The van der Waals surface area contributed by atoms with Gasteiger partial charge in [-0.3, -0.25) is 0 Å². The third-order valence-corrected chi connectivity index (χ3v) is 2.14. The molecule has 1 rings (SSSR count). The highest BCUT2D eigenvalue weighted by atomic mass is 127. The molecule has 3 heteroatoms. The maximum atomic E-state index is 13.0. The van der Waals surface area contributed by atoms with E-state index in [9.17, 15) is 4.39 Å². The summed E-state index contributed by atoms with van der Waals surface area (Å²) in [6.07, 6.45) is -0.884. The highest BCUT2D eigenvalue weighted by Crippen LogP contribution is 2.26. The number of hydrogen-bond acceptors (Lipinski definition) is 1. The molecular weight excluding hydrogens is 270 g/mol. The van der Waals surface area contributed by atoms with Crippen molar-refractivity contribution in [2.75, 3.05) is 0 Å². The van der Waals surface area contributed by atoms with Gasteiger partial charge in [0.2, 0.25) is 0 Å². The number of rotatable bonds is 2. The maximum absolute atomic E-state index is 13.0.